The summed E-state index contributed by atoms with van der Waals surface area (Å²) in [6.45, 7) is 0. The predicted octanol–water partition coefficient (Wildman–Crippen LogP) is 1.48. The standard InChI is InChI=1S/C9H11BrO3S/c10-8-5(2-1-3-6(8)11)9(13)7(12)4-14/h1-3,7,9,11-14H,4H2. The summed E-state index contributed by atoms with van der Waals surface area (Å²) in [5.41, 5.74) is 0.451. The summed E-state index contributed by atoms with van der Waals surface area (Å²) in [7, 11) is 0. The van der Waals surface area contributed by atoms with E-state index < -0.39 is 12.2 Å². The van der Waals surface area contributed by atoms with Crippen LogP contribution in [0.1, 0.15) is 11.7 Å². The summed E-state index contributed by atoms with van der Waals surface area (Å²) in [5.74, 6) is 0.191. The molecule has 0 amide bonds. The minimum atomic E-state index is -1.05. The highest BCUT2D eigenvalue weighted by molar-refractivity contribution is 9.10. The van der Waals surface area contributed by atoms with Gasteiger partial charge in [-0.3, -0.25) is 0 Å². The van der Waals surface area contributed by atoms with Gasteiger partial charge in [-0.25, -0.2) is 0 Å². The van der Waals surface area contributed by atoms with Gasteiger partial charge in [0.05, 0.1) is 10.6 Å². The van der Waals surface area contributed by atoms with Gasteiger partial charge in [-0.15, -0.1) is 0 Å². The summed E-state index contributed by atoms with van der Waals surface area (Å²) >= 11 is 7.01. The fourth-order valence-corrected chi connectivity index (χ4v) is 1.77. The molecule has 1 aromatic rings. The van der Waals surface area contributed by atoms with Crippen molar-refractivity contribution in [1.82, 2.24) is 0 Å². The molecule has 0 saturated heterocycles. The molecule has 3 N–H and O–H groups in total. The Hall–Kier alpha value is -0.230. The Morgan fingerprint density at radius 1 is 1.36 bits per heavy atom. The Bertz CT molecular complexity index is 319. The molecule has 0 heterocycles. The van der Waals surface area contributed by atoms with E-state index in [0.29, 0.717) is 10.0 Å². The Morgan fingerprint density at radius 3 is 2.57 bits per heavy atom. The first-order chi connectivity index (χ1) is 6.57. The van der Waals surface area contributed by atoms with Gasteiger partial charge < -0.3 is 15.3 Å². The normalized spacial score (nSPS) is 15.1. The SMILES string of the molecule is Oc1cccc(C(O)C(O)CS)c1Br. The minimum Gasteiger partial charge on any atom is -0.507 e. The molecule has 0 aliphatic heterocycles. The maximum absolute atomic E-state index is 9.65. The second kappa shape index (κ2) is 5.02. The van der Waals surface area contributed by atoms with Gasteiger partial charge in [0.15, 0.2) is 0 Å². The van der Waals surface area contributed by atoms with E-state index in [0.717, 1.165) is 0 Å². The second-order valence-electron chi connectivity index (χ2n) is 2.88. The van der Waals surface area contributed by atoms with E-state index in [2.05, 4.69) is 28.6 Å². The first-order valence-electron chi connectivity index (χ1n) is 4.02. The van der Waals surface area contributed by atoms with Crippen LogP contribution in [0, 0.1) is 0 Å². The lowest BCUT2D eigenvalue weighted by Crippen LogP contribution is -2.20. The lowest BCUT2D eigenvalue weighted by Gasteiger charge is -2.17. The van der Waals surface area contributed by atoms with Gasteiger partial charge in [0.1, 0.15) is 11.9 Å². The van der Waals surface area contributed by atoms with Crippen LogP contribution in [0.3, 0.4) is 0 Å². The van der Waals surface area contributed by atoms with E-state index in [-0.39, 0.29) is 11.5 Å². The highest BCUT2D eigenvalue weighted by Gasteiger charge is 2.20. The molecule has 78 valence electrons. The predicted molar refractivity (Wildman–Crippen MR) is 60.6 cm³/mol. The summed E-state index contributed by atoms with van der Waals surface area (Å²) in [4.78, 5) is 0. The number of aromatic hydroxyl groups is 1. The Morgan fingerprint density at radius 2 is 2.00 bits per heavy atom. The van der Waals surface area contributed by atoms with E-state index in [9.17, 15) is 15.3 Å². The maximum atomic E-state index is 9.65. The molecule has 5 heteroatoms. The number of hydrogen-bond donors (Lipinski definition) is 4. The number of aliphatic hydroxyl groups is 2. The molecule has 2 unspecified atom stereocenters. The van der Waals surface area contributed by atoms with Gasteiger partial charge in [-0.05, 0) is 22.0 Å². The summed E-state index contributed by atoms with van der Waals surface area (Å²) in [6.07, 6.45) is -1.99. The molecule has 0 radical (unpaired) electrons. The van der Waals surface area contributed by atoms with Crippen molar-refractivity contribution < 1.29 is 15.3 Å². The molecule has 0 saturated carbocycles. The monoisotopic (exact) mass is 278 g/mol. The molecule has 0 bridgehead atoms. The Kier molecular flexibility index (Phi) is 4.25. The molecule has 1 aromatic carbocycles. The molecule has 0 spiro atoms. The molecule has 3 nitrogen and oxygen atoms in total. The van der Waals surface area contributed by atoms with Gasteiger partial charge in [-0.1, -0.05) is 12.1 Å². The fourth-order valence-electron chi connectivity index (χ4n) is 1.07. The number of phenolic OH excluding ortho intramolecular Hbond substituents is 1. The molecular weight excluding hydrogens is 268 g/mol. The van der Waals surface area contributed by atoms with Crippen LogP contribution in [0.15, 0.2) is 22.7 Å². The van der Waals surface area contributed by atoms with Gasteiger partial charge in [-0.2, -0.15) is 12.6 Å². The summed E-state index contributed by atoms with van der Waals surface area (Å²) in [5, 5.41) is 28.4. The van der Waals surface area contributed by atoms with Crippen molar-refractivity contribution >= 4 is 28.6 Å². The van der Waals surface area contributed by atoms with Crippen LogP contribution in [-0.4, -0.2) is 27.2 Å². The first-order valence-corrected chi connectivity index (χ1v) is 5.44. The third kappa shape index (κ3) is 2.42. The van der Waals surface area contributed by atoms with Crippen LogP contribution in [0.5, 0.6) is 5.75 Å². The number of halogens is 1. The van der Waals surface area contributed by atoms with Crippen molar-refractivity contribution in [1.29, 1.82) is 0 Å². The van der Waals surface area contributed by atoms with Crippen molar-refractivity contribution in [3.05, 3.63) is 28.2 Å². The molecule has 0 fully saturated rings. The number of phenols is 1. The largest absolute Gasteiger partial charge is 0.507 e. The molecular formula is C9H11BrO3S. The molecule has 0 aliphatic rings. The zero-order chi connectivity index (χ0) is 10.7. The van der Waals surface area contributed by atoms with Gasteiger partial charge in [0.25, 0.3) is 0 Å². The fraction of sp³-hybridized carbons (Fsp3) is 0.333. The van der Waals surface area contributed by atoms with Crippen LogP contribution in [-0.2, 0) is 0 Å². The molecule has 14 heavy (non-hydrogen) atoms. The van der Waals surface area contributed by atoms with Gasteiger partial charge in [0, 0.05) is 11.3 Å². The lowest BCUT2D eigenvalue weighted by atomic mass is 10.1. The van der Waals surface area contributed by atoms with Crippen LogP contribution >= 0.6 is 28.6 Å². The highest BCUT2D eigenvalue weighted by Crippen LogP contribution is 2.32. The Balaban J connectivity index is 3.01. The van der Waals surface area contributed by atoms with Crippen LogP contribution in [0.4, 0.5) is 0 Å². The van der Waals surface area contributed by atoms with E-state index in [1.807, 2.05) is 0 Å². The van der Waals surface area contributed by atoms with E-state index >= 15 is 0 Å². The van der Waals surface area contributed by atoms with E-state index in [1.165, 1.54) is 6.07 Å². The van der Waals surface area contributed by atoms with Crippen LogP contribution < -0.4 is 0 Å². The Labute approximate surface area is 95.9 Å². The first kappa shape index (κ1) is 11.8. The number of rotatable bonds is 3. The van der Waals surface area contributed by atoms with Crippen molar-refractivity contribution in [2.75, 3.05) is 5.75 Å². The molecule has 0 aliphatic carbocycles. The van der Waals surface area contributed by atoms with Crippen molar-refractivity contribution in [3.63, 3.8) is 0 Å². The summed E-state index contributed by atoms with van der Waals surface area (Å²) < 4.78 is 0.397. The second-order valence-corrected chi connectivity index (χ2v) is 4.03. The molecule has 0 aromatic heterocycles. The van der Waals surface area contributed by atoms with Crippen molar-refractivity contribution in [2.24, 2.45) is 0 Å². The van der Waals surface area contributed by atoms with Crippen LogP contribution in [0.25, 0.3) is 0 Å². The number of aliphatic hydroxyl groups excluding tert-OH is 2. The zero-order valence-corrected chi connectivity index (χ0v) is 9.74. The minimum absolute atomic E-state index is 0.0351. The lowest BCUT2D eigenvalue weighted by molar-refractivity contribution is 0.0332. The maximum Gasteiger partial charge on any atom is 0.130 e. The highest BCUT2D eigenvalue weighted by atomic mass is 79.9. The third-order valence-electron chi connectivity index (χ3n) is 1.88. The van der Waals surface area contributed by atoms with E-state index in [1.54, 1.807) is 12.1 Å². The zero-order valence-electron chi connectivity index (χ0n) is 7.26. The van der Waals surface area contributed by atoms with E-state index in [4.69, 9.17) is 0 Å². The van der Waals surface area contributed by atoms with Gasteiger partial charge >= 0.3 is 0 Å². The number of thiol groups is 1. The van der Waals surface area contributed by atoms with Gasteiger partial charge in [0.2, 0.25) is 0 Å². The van der Waals surface area contributed by atoms with Crippen molar-refractivity contribution in [3.8, 4) is 5.75 Å². The average molecular weight is 279 g/mol. The number of hydrogen-bond acceptors (Lipinski definition) is 4. The third-order valence-corrected chi connectivity index (χ3v) is 3.12. The smallest absolute Gasteiger partial charge is 0.130 e. The number of benzene rings is 1. The van der Waals surface area contributed by atoms with Crippen LogP contribution in [0.2, 0.25) is 0 Å². The summed E-state index contributed by atoms with van der Waals surface area (Å²) in [6, 6.07) is 4.72. The molecule has 2 atom stereocenters. The topological polar surface area (TPSA) is 60.7 Å². The molecule has 1 rings (SSSR count). The quantitative estimate of drug-likeness (QED) is 0.634. The van der Waals surface area contributed by atoms with Crippen molar-refractivity contribution in [2.45, 2.75) is 12.2 Å². The average Bonchev–Trinajstić information content (AvgIpc) is 2.20.